The van der Waals surface area contributed by atoms with Crippen LogP contribution in [0.4, 0.5) is 5.69 Å². The van der Waals surface area contributed by atoms with Gasteiger partial charge in [-0.05, 0) is 82.5 Å². The standard InChI is InChI=1S/C22H20Br2ClNO2/c1-2-27-21-12-16(13-26-19-9-5-17(23)6-10-19)11-20(24)22(21)28-14-15-3-7-18(25)8-4-15/h3-12,26H,2,13-14H2,1H3. The van der Waals surface area contributed by atoms with Gasteiger partial charge in [0.25, 0.3) is 0 Å². The molecule has 0 spiro atoms. The van der Waals surface area contributed by atoms with Crippen molar-refractivity contribution in [2.24, 2.45) is 0 Å². The van der Waals surface area contributed by atoms with Crippen LogP contribution in [0, 0.1) is 0 Å². The summed E-state index contributed by atoms with van der Waals surface area (Å²) in [6.45, 7) is 3.64. The molecule has 0 aromatic heterocycles. The molecule has 0 bridgehead atoms. The van der Waals surface area contributed by atoms with Crippen LogP contribution in [0.1, 0.15) is 18.1 Å². The van der Waals surface area contributed by atoms with Crippen LogP contribution in [0.3, 0.4) is 0 Å². The third-order valence-corrected chi connectivity index (χ3v) is 5.38. The van der Waals surface area contributed by atoms with Crippen molar-refractivity contribution in [1.82, 2.24) is 0 Å². The monoisotopic (exact) mass is 523 g/mol. The fraction of sp³-hybridized carbons (Fsp3) is 0.182. The summed E-state index contributed by atoms with van der Waals surface area (Å²) in [5.41, 5.74) is 3.19. The van der Waals surface area contributed by atoms with Gasteiger partial charge in [0.05, 0.1) is 11.1 Å². The van der Waals surface area contributed by atoms with Crippen LogP contribution in [0.2, 0.25) is 5.02 Å². The number of nitrogens with one attached hydrogen (secondary N) is 1. The van der Waals surface area contributed by atoms with E-state index in [0.29, 0.717) is 30.5 Å². The quantitative estimate of drug-likeness (QED) is 0.331. The van der Waals surface area contributed by atoms with Crippen molar-refractivity contribution in [2.45, 2.75) is 20.1 Å². The first-order chi connectivity index (χ1) is 13.5. The lowest BCUT2D eigenvalue weighted by Crippen LogP contribution is -2.04. The number of ether oxygens (including phenoxy) is 2. The van der Waals surface area contributed by atoms with Gasteiger partial charge in [0.2, 0.25) is 0 Å². The number of hydrogen-bond donors (Lipinski definition) is 1. The number of hydrogen-bond acceptors (Lipinski definition) is 3. The van der Waals surface area contributed by atoms with E-state index in [1.54, 1.807) is 0 Å². The van der Waals surface area contributed by atoms with Crippen molar-refractivity contribution >= 4 is 49.1 Å². The molecule has 0 radical (unpaired) electrons. The molecule has 3 nitrogen and oxygen atoms in total. The summed E-state index contributed by atoms with van der Waals surface area (Å²) in [5, 5.41) is 4.13. The first-order valence-corrected chi connectivity index (χ1v) is 10.8. The zero-order valence-corrected chi connectivity index (χ0v) is 19.3. The normalized spacial score (nSPS) is 10.6. The second-order valence-corrected chi connectivity index (χ2v) is 8.32. The Morgan fingerprint density at radius 3 is 2.29 bits per heavy atom. The fourth-order valence-electron chi connectivity index (χ4n) is 2.63. The van der Waals surface area contributed by atoms with Crippen molar-refractivity contribution < 1.29 is 9.47 Å². The van der Waals surface area contributed by atoms with Gasteiger partial charge in [-0.2, -0.15) is 0 Å². The minimum Gasteiger partial charge on any atom is -0.490 e. The maximum atomic E-state index is 6.04. The van der Waals surface area contributed by atoms with Gasteiger partial charge in [0.1, 0.15) is 6.61 Å². The third-order valence-electron chi connectivity index (χ3n) is 4.01. The minimum atomic E-state index is 0.437. The summed E-state index contributed by atoms with van der Waals surface area (Å²) in [6.07, 6.45) is 0. The predicted octanol–water partition coefficient (Wildman–Crippen LogP) is 7.45. The molecule has 0 aliphatic rings. The Labute approximate surface area is 187 Å². The van der Waals surface area contributed by atoms with E-state index in [0.717, 1.165) is 31.5 Å². The zero-order valence-electron chi connectivity index (χ0n) is 15.3. The van der Waals surface area contributed by atoms with Gasteiger partial charge < -0.3 is 14.8 Å². The van der Waals surface area contributed by atoms with Crippen molar-refractivity contribution in [2.75, 3.05) is 11.9 Å². The molecule has 3 aromatic rings. The Morgan fingerprint density at radius 1 is 0.893 bits per heavy atom. The van der Waals surface area contributed by atoms with Gasteiger partial charge >= 0.3 is 0 Å². The van der Waals surface area contributed by atoms with E-state index in [4.69, 9.17) is 21.1 Å². The van der Waals surface area contributed by atoms with E-state index in [1.165, 1.54) is 0 Å². The van der Waals surface area contributed by atoms with Gasteiger partial charge in [-0.25, -0.2) is 0 Å². The molecule has 0 heterocycles. The first kappa shape index (κ1) is 21.0. The highest BCUT2D eigenvalue weighted by Crippen LogP contribution is 2.37. The van der Waals surface area contributed by atoms with Gasteiger partial charge in [0, 0.05) is 21.7 Å². The Morgan fingerprint density at radius 2 is 1.61 bits per heavy atom. The van der Waals surface area contributed by atoms with E-state index in [1.807, 2.05) is 67.6 Å². The van der Waals surface area contributed by atoms with E-state index >= 15 is 0 Å². The van der Waals surface area contributed by atoms with Crippen molar-refractivity contribution in [3.05, 3.63) is 85.8 Å². The SMILES string of the molecule is CCOc1cc(CNc2ccc(Br)cc2)cc(Br)c1OCc1ccc(Cl)cc1. The van der Waals surface area contributed by atoms with Crippen LogP contribution in [-0.4, -0.2) is 6.61 Å². The molecular formula is C22H20Br2ClNO2. The van der Waals surface area contributed by atoms with Gasteiger partial charge in [-0.1, -0.05) is 39.7 Å². The Hall–Kier alpha value is -1.69. The number of halogens is 3. The van der Waals surface area contributed by atoms with Crippen molar-refractivity contribution in [3.8, 4) is 11.5 Å². The Bertz CT molecular complexity index is 915. The summed E-state index contributed by atoms with van der Waals surface area (Å²) in [7, 11) is 0. The highest BCUT2D eigenvalue weighted by Gasteiger charge is 2.13. The van der Waals surface area contributed by atoms with E-state index < -0.39 is 0 Å². The van der Waals surface area contributed by atoms with Crippen LogP contribution < -0.4 is 14.8 Å². The molecule has 3 aromatic carbocycles. The van der Waals surface area contributed by atoms with Crippen molar-refractivity contribution in [3.63, 3.8) is 0 Å². The molecular weight excluding hydrogens is 506 g/mol. The third kappa shape index (κ3) is 5.90. The van der Waals surface area contributed by atoms with Gasteiger partial charge in [0.15, 0.2) is 11.5 Å². The summed E-state index contributed by atoms with van der Waals surface area (Å²) in [4.78, 5) is 0. The summed E-state index contributed by atoms with van der Waals surface area (Å²) >= 11 is 13.0. The summed E-state index contributed by atoms with van der Waals surface area (Å²) in [6, 6.07) is 19.8. The number of anilines is 1. The molecule has 0 saturated heterocycles. The minimum absolute atomic E-state index is 0.437. The second-order valence-electron chi connectivity index (χ2n) is 6.11. The molecule has 28 heavy (non-hydrogen) atoms. The van der Waals surface area contributed by atoms with Crippen LogP contribution in [0.25, 0.3) is 0 Å². The topological polar surface area (TPSA) is 30.5 Å². The molecule has 6 heteroatoms. The molecule has 0 atom stereocenters. The van der Waals surface area contributed by atoms with Crippen LogP contribution in [0.15, 0.2) is 69.6 Å². The first-order valence-electron chi connectivity index (χ1n) is 8.87. The molecule has 0 unspecified atom stereocenters. The Balaban J connectivity index is 1.73. The van der Waals surface area contributed by atoms with E-state index in [-0.39, 0.29) is 0 Å². The summed E-state index contributed by atoms with van der Waals surface area (Å²) < 4.78 is 13.8. The highest BCUT2D eigenvalue weighted by atomic mass is 79.9. The van der Waals surface area contributed by atoms with Crippen LogP contribution in [-0.2, 0) is 13.2 Å². The van der Waals surface area contributed by atoms with E-state index in [9.17, 15) is 0 Å². The predicted molar refractivity (Wildman–Crippen MR) is 123 cm³/mol. The number of rotatable bonds is 8. The van der Waals surface area contributed by atoms with Crippen molar-refractivity contribution in [1.29, 1.82) is 0 Å². The van der Waals surface area contributed by atoms with Gasteiger partial charge in [-0.15, -0.1) is 0 Å². The average Bonchev–Trinajstić information content (AvgIpc) is 2.68. The second kappa shape index (κ2) is 10.2. The maximum absolute atomic E-state index is 6.04. The van der Waals surface area contributed by atoms with Gasteiger partial charge in [-0.3, -0.25) is 0 Å². The molecule has 146 valence electrons. The molecule has 0 saturated carbocycles. The fourth-order valence-corrected chi connectivity index (χ4v) is 3.63. The molecule has 0 aliphatic heterocycles. The molecule has 0 aliphatic carbocycles. The molecule has 0 fully saturated rings. The van der Waals surface area contributed by atoms with Crippen LogP contribution >= 0.6 is 43.5 Å². The largest absolute Gasteiger partial charge is 0.490 e. The molecule has 3 rings (SSSR count). The zero-order chi connectivity index (χ0) is 19.9. The molecule has 1 N–H and O–H groups in total. The highest BCUT2D eigenvalue weighted by molar-refractivity contribution is 9.10. The molecule has 0 amide bonds. The number of benzene rings is 3. The maximum Gasteiger partial charge on any atom is 0.175 e. The van der Waals surface area contributed by atoms with Crippen LogP contribution in [0.5, 0.6) is 11.5 Å². The smallest absolute Gasteiger partial charge is 0.175 e. The average molecular weight is 526 g/mol. The summed E-state index contributed by atoms with van der Waals surface area (Å²) in [5.74, 6) is 1.42. The lowest BCUT2D eigenvalue weighted by Gasteiger charge is -2.16. The Kier molecular flexibility index (Phi) is 7.65. The lowest BCUT2D eigenvalue weighted by molar-refractivity contribution is 0.267. The lowest BCUT2D eigenvalue weighted by atomic mass is 10.2. The van der Waals surface area contributed by atoms with E-state index in [2.05, 4.69) is 37.2 Å².